The fourth-order valence-electron chi connectivity index (χ4n) is 2.14. The van der Waals surface area contributed by atoms with Crippen molar-refractivity contribution in [3.63, 3.8) is 0 Å². The van der Waals surface area contributed by atoms with Gasteiger partial charge in [0.2, 0.25) is 0 Å². The van der Waals surface area contributed by atoms with E-state index in [1.165, 1.54) is 43.4 Å². The van der Waals surface area contributed by atoms with Crippen LogP contribution in [0.5, 0.6) is 0 Å². The van der Waals surface area contributed by atoms with Gasteiger partial charge in [0.25, 0.3) is 0 Å². The molecular formula is C12H22F6N2O5S2. The fraction of sp³-hybridized carbons (Fsp3) is 1.00. The topological polar surface area (TPSA) is 91.6 Å². The SMILES string of the molecule is CCOCC[N+]1(C)CCCCC1.O=S(=O)([N-]S(=O)(=O)C(F)(F)F)C(F)(F)F. The summed E-state index contributed by atoms with van der Waals surface area (Å²) in [5.74, 6) is 0. The van der Waals surface area contributed by atoms with E-state index in [9.17, 15) is 43.2 Å². The maximum absolute atomic E-state index is 11.4. The largest absolute Gasteiger partial charge is 0.480 e. The van der Waals surface area contributed by atoms with Crippen LogP contribution in [0.15, 0.2) is 0 Å². The molecule has 1 fully saturated rings. The number of nitrogens with zero attached hydrogens (tertiary/aromatic N) is 2. The number of hydrogen-bond donors (Lipinski definition) is 0. The summed E-state index contributed by atoms with van der Waals surface area (Å²) in [6.45, 7) is 7.77. The van der Waals surface area contributed by atoms with Crippen LogP contribution in [0.1, 0.15) is 26.2 Å². The zero-order valence-corrected chi connectivity index (χ0v) is 16.3. The van der Waals surface area contributed by atoms with Crippen LogP contribution in [0, 0.1) is 0 Å². The van der Waals surface area contributed by atoms with Crippen LogP contribution < -0.4 is 0 Å². The van der Waals surface area contributed by atoms with Crippen LogP contribution in [0.3, 0.4) is 0 Å². The minimum Gasteiger partial charge on any atom is -0.421 e. The van der Waals surface area contributed by atoms with E-state index in [1.54, 1.807) is 0 Å². The third-order valence-corrected chi connectivity index (χ3v) is 6.40. The number of piperidine rings is 1. The molecule has 0 bridgehead atoms. The Balaban J connectivity index is 0.000000511. The van der Waals surface area contributed by atoms with E-state index in [2.05, 4.69) is 14.0 Å². The van der Waals surface area contributed by atoms with Crippen molar-refractivity contribution in [2.24, 2.45) is 0 Å². The second-order valence-corrected chi connectivity index (χ2v) is 9.39. The van der Waals surface area contributed by atoms with Gasteiger partial charge in [0.05, 0.1) is 26.7 Å². The Morgan fingerprint density at radius 2 is 1.30 bits per heavy atom. The quantitative estimate of drug-likeness (QED) is 0.351. The normalized spacial score (nSPS) is 18.5. The van der Waals surface area contributed by atoms with E-state index in [0.29, 0.717) is 0 Å². The predicted octanol–water partition coefficient (Wildman–Crippen LogP) is 2.71. The van der Waals surface area contributed by atoms with Gasteiger partial charge in [0.15, 0.2) is 20.0 Å². The first-order valence-corrected chi connectivity index (χ1v) is 10.6. The van der Waals surface area contributed by atoms with Crippen LogP contribution in [0.25, 0.3) is 4.13 Å². The molecule has 1 aliphatic rings. The number of sulfonamides is 2. The molecule has 0 saturated carbocycles. The molecular weight excluding hydrogens is 430 g/mol. The van der Waals surface area contributed by atoms with E-state index in [0.717, 1.165) is 17.3 Å². The summed E-state index contributed by atoms with van der Waals surface area (Å²) < 4.78 is 116. The summed E-state index contributed by atoms with van der Waals surface area (Å²) in [7, 11) is -11.1. The van der Waals surface area contributed by atoms with Crippen molar-refractivity contribution in [2.45, 2.75) is 37.2 Å². The number of ether oxygens (including phenoxy) is 1. The first-order chi connectivity index (χ1) is 12.0. The molecule has 1 heterocycles. The lowest BCUT2D eigenvalue weighted by atomic mass is 10.1. The maximum atomic E-state index is 11.4. The molecule has 0 aromatic carbocycles. The second-order valence-electron chi connectivity index (χ2n) is 5.96. The van der Waals surface area contributed by atoms with Gasteiger partial charge < -0.3 is 13.3 Å². The van der Waals surface area contributed by atoms with Crippen LogP contribution in [0.2, 0.25) is 0 Å². The molecule has 0 aliphatic carbocycles. The van der Waals surface area contributed by atoms with Gasteiger partial charge in [0, 0.05) is 6.61 Å². The van der Waals surface area contributed by atoms with Gasteiger partial charge in [-0.3, -0.25) is 0 Å². The number of halogens is 6. The summed E-state index contributed by atoms with van der Waals surface area (Å²) in [5.41, 5.74) is -12.4. The lowest BCUT2D eigenvalue weighted by Crippen LogP contribution is -2.49. The van der Waals surface area contributed by atoms with Crippen molar-refractivity contribution < 1.29 is 52.4 Å². The fourth-order valence-corrected chi connectivity index (χ4v) is 3.85. The van der Waals surface area contributed by atoms with Crippen molar-refractivity contribution in [3.8, 4) is 0 Å². The van der Waals surface area contributed by atoms with Gasteiger partial charge in [0.1, 0.15) is 6.54 Å². The molecule has 0 N–H and O–H groups in total. The Kier molecular flexibility index (Phi) is 9.48. The molecule has 0 spiro atoms. The third kappa shape index (κ3) is 8.93. The van der Waals surface area contributed by atoms with Gasteiger partial charge >= 0.3 is 11.0 Å². The van der Waals surface area contributed by atoms with Gasteiger partial charge in [-0.1, -0.05) is 0 Å². The van der Waals surface area contributed by atoms with E-state index < -0.39 is 31.1 Å². The van der Waals surface area contributed by atoms with Crippen LogP contribution in [-0.4, -0.2) is 72.2 Å². The number of hydrogen-bond acceptors (Lipinski definition) is 5. The predicted molar refractivity (Wildman–Crippen MR) is 84.4 cm³/mol. The molecule has 0 atom stereocenters. The molecule has 1 saturated heterocycles. The van der Waals surface area contributed by atoms with E-state index in [-0.39, 0.29) is 0 Å². The monoisotopic (exact) mass is 452 g/mol. The zero-order valence-electron chi connectivity index (χ0n) is 14.7. The lowest BCUT2D eigenvalue weighted by Gasteiger charge is -2.37. The number of alkyl halides is 6. The van der Waals surface area contributed by atoms with Crippen LogP contribution in [0.4, 0.5) is 26.3 Å². The van der Waals surface area contributed by atoms with Crippen molar-refractivity contribution in [3.05, 3.63) is 4.13 Å². The highest BCUT2D eigenvalue weighted by Crippen LogP contribution is 2.36. The standard InChI is InChI=1S/C10H22NO.C2F6NO4S2/c1-3-12-10-9-11(2)7-5-4-6-8-11;3-1(4,5)14(10,11)9-15(12,13)2(6,7)8/h3-10H2,1-2H3;/q+1;-1. The molecule has 0 aromatic heterocycles. The second kappa shape index (κ2) is 9.71. The molecule has 1 rings (SSSR count). The number of rotatable bonds is 6. The Labute approximate surface area is 154 Å². The van der Waals surface area contributed by atoms with Crippen LogP contribution >= 0.6 is 0 Å². The van der Waals surface area contributed by atoms with Crippen molar-refractivity contribution in [2.75, 3.05) is 39.9 Å². The summed E-state index contributed by atoms with van der Waals surface area (Å²) in [6, 6.07) is 0. The molecule has 1 aliphatic heterocycles. The van der Waals surface area contributed by atoms with Gasteiger partial charge in [-0.05, 0) is 26.2 Å². The molecule has 0 unspecified atom stereocenters. The van der Waals surface area contributed by atoms with Crippen molar-refractivity contribution in [1.29, 1.82) is 0 Å². The van der Waals surface area contributed by atoms with Crippen LogP contribution in [-0.2, 0) is 24.8 Å². The third-order valence-electron chi connectivity index (χ3n) is 3.66. The van der Waals surface area contributed by atoms with Crippen molar-refractivity contribution in [1.82, 2.24) is 0 Å². The Morgan fingerprint density at radius 1 is 0.889 bits per heavy atom. The number of likely N-dealkylation sites (tertiary alicyclic amines) is 1. The summed E-state index contributed by atoms with van der Waals surface area (Å²) in [4.78, 5) is 0. The van der Waals surface area contributed by atoms with E-state index >= 15 is 0 Å². The maximum Gasteiger partial charge on any atom is 0.480 e. The van der Waals surface area contributed by atoms with E-state index in [4.69, 9.17) is 4.74 Å². The average Bonchev–Trinajstić information content (AvgIpc) is 2.45. The first kappa shape index (κ1) is 26.4. The highest BCUT2D eigenvalue weighted by molar-refractivity contribution is 8.13. The number of likely N-dealkylation sites (N-methyl/N-ethyl adjacent to an activating group) is 1. The van der Waals surface area contributed by atoms with Gasteiger partial charge in [-0.25, -0.2) is 16.8 Å². The van der Waals surface area contributed by atoms with E-state index in [1.807, 2.05) is 0 Å². The highest BCUT2D eigenvalue weighted by Gasteiger charge is 2.46. The zero-order chi connectivity index (χ0) is 21.6. The molecule has 0 radical (unpaired) electrons. The molecule has 7 nitrogen and oxygen atoms in total. The van der Waals surface area contributed by atoms with Gasteiger partial charge in [-0.2, -0.15) is 26.3 Å². The Morgan fingerprint density at radius 3 is 1.63 bits per heavy atom. The van der Waals surface area contributed by atoms with Crippen molar-refractivity contribution >= 4 is 20.0 Å². The molecule has 27 heavy (non-hydrogen) atoms. The molecule has 0 aromatic rings. The Bertz CT molecular complexity index is 613. The minimum absolute atomic E-state index is 0.778. The first-order valence-electron chi connectivity index (χ1n) is 7.75. The Hall–Kier alpha value is -0.640. The van der Waals surface area contributed by atoms with Gasteiger partial charge in [-0.15, -0.1) is 0 Å². The summed E-state index contributed by atoms with van der Waals surface area (Å²) >= 11 is 0. The lowest BCUT2D eigenvalue weighted by molar-refractivity contribution is -0.914. The summed E-state index contributed by atoms with van der Waals surface area (Å²) in [6.07, 6.45) is 4.24. The molecule has 0 amide bonds. The minimum atomic E-state index is -6.72. The summed E-state index contributed by atoms with van der Waals surface area (Å²) in [5, 5.41) is 0. The smallest absolute Gasteiger partial charge is 0.421 e. The molecule has 164 valence electrons. The number of quaternary nitrogens is 1. The molecule has 15 heteroatoms. The average molecular weight is 452 g/mol. The highest BCUT2D eigenvalue weighted by atomic mass is 32.3.